The first kappa shape index (κ1) is 18.2. The number of nitrogens with zero attached hydrogens (tertiary/aromatic N) is 4. The van der Waals surface area contributed by atoms with E-state index in [-0.39, 0.29) is 5.91 Å². The van der Waals surface area contributed by atoms with E-state index < -0.39 is 0 Å². The second-order valence-electron chi connectivity index (χ2n) is 6.30. The molecule has 1 aliphatic heterocycles. The predicted octanol–water partition coefficient (Wildman–Crippen LogP) is 2.06. The number of piperazine rings is 1. The van der Waals surface area contributed by atoms with Crippen molar-refractivity contribution in [2.45, 2.75) is 13.3 Å². The molecule has 1 aromatic carbocycles. The highest BCUT2D eigenvalue weighted by Gasteiger charge is 2.19. The largest absolute Gasteiger partial charge is 0.355 e. The van der Waals surface area contributed by atoms with Gasteiger partial charge in [-0.25, -0.2) is 0 Å². The summed E-state index contributed by atoms with van der Waals surface area (Å²) in [7, 11) is 0. The van der Waals surface area contributed by atoms with E-state index in [1.54, 1.807) is 6.92 Å². The van der Waals surface area contributed by atoms with Crippen LogP contribution in [0.25, 0.3) is 0 Å². The van der Waals surface area contributed by atoms with E-state index in [2.05, 4.69) is 26.5 Å². The second-order valence-corrected chi connectivity index (χ2v) is 6.74. The molecule has 136 valence electrons. The summed E-state index contributed by atoms with van der Waals surface area (Å²) in [4.78, 5) is 15.4. The third-order valence-electron chi connectivity index (χ3n) is 4.51. The van der Waals surface area contributed by atoms with E-state index in [9.17, 15) is 10.1 Å². The monoisotopic (exact) mass is 372 g/mol. The van der Waals surface area contributed by atoms with Gasteiger partial charge < -0.3 is 10.2 Å². The Morgan fingerprint density at radius 2 is 2.15 bits per heavy atom. The fraction of sp³-hybridized carbons (Fsp3) is 0.389. The van der Waals surface area contributed by atoms with Crippen molar-refractivity contribution in [2.24, 2.45) is 0 Å². The molecule has 0 unspecified atom stereocenters. The highest BCUT2D eigenvalue weighted by molar-refractivity contribution is 6.30. The van der Waals surface area contributed by atoms with Crippen LogP contribution in [0.4, 0.5) is 5.82 Å². The molecule has 2 heterocycles. The Morgan fingerprint density at radius 1 is 1.38 bits per heavy atom. The summed E-state index contributed by atoms with van der Waals surface area (Å²) >= 11 is 6.02. The van der Waals surface area contributed by atoms with Gasteiger partial charge in [-0.2, -0.15) is 10.4 Å². The highest BCUT2D eigenvalue weighted by atomic mass is 35.5. The van der Waals surface area contributed by atoms with Crippen LogP contribution in [0, 0.1) is 11.3 Å². The SMILES string of the molecule is CC(=O)N1CCN(CNc2n[nH]c(Cc3cccc(Cl)c3)c2C#N)CC1. The van der Waals surface area contributed by atoms with E-state index in [0.717, 1.165) is 37.4 Å². The molecule has 8 heteroatoms. The smallest absolute Gasteiger partial charge is 0.219 e. The average Bonchev–Trinajstić information content (AvgIpc) is 3.02. The van der Waals surface area contributed by atoms with Gasteiger partial charge in [-0.3, -0.25) is 14.8 Å². The van der Waals surface area contributed by atoms with Crippen LogP contribution >= 0.6 is 11.6 Å². The van der Waals surface area contributed by atoms with Crippen LogP contribution in [0.15, 0.2) is 24.3 Å². The zero-order valence-corrected chi connectivity index (χ0v) is 15.4. The summed E-state index contributed by atoms with van der Waals surface area (Å²) in [6.07, 6.45) is 0.565. The molecule has 26 heavy (non-hydrogen) atoms. The molecule has 2 aromatic rings. The number of anilines is 1. The quantitative estimate of drug-likeness (QED) is 0.838. The van der Waals surface area contributed by atoms with E-state index in [1.807, 2.05) is 29.2 Å². The topological polar surface area (TPSA) is 88.1 Å². The van der Waals surface area contributed by atoms with Gasteiger partial charge in [0.1, 0.15) is 11.6 Å². The molecule has 0 aliphatic carbocycles. The Balaban J connectivity index is 1.60. The third-order valence-corrected chi connectivity index (χ3v) is 4.75. The lowest BCUT2D eigenvalue weighted by Crippen LogP contribution is -2.49. The van der Waals surface area contributed by atoms with Crippen molar-refractivity contribution < 1.29 is 4.79 Å². The van der Waals surface area contributed by atoms with Crippen molar-refractivity contribution in [3.05, 3.63) is 46.1 Å². The maximum absolute atomic E-state index is 11.4. The van der Waals surface area contributed by atoms with Gasteiger partial charge in [-0.05, 0) is 17.7 Å². The molecule has 0 saturated carbocycles. The van der Waals surface area contributed by atoms with Crippen LogP contribution < -0.4 is 5.32 Å². The number of halogens is 1. The number of benzene rings is 1. The number of carbonyl (C=O) groups is 1. The summed E-state index contributed by atoms with van der Waals surface area (Å²) < 4.78 is 0. The van der Waals surface area contributed by atoms with Crippen LogP contribution in [0.2, 0.25) is 5.02 Å². The molecule has 0 radical (unpaired) electrons. The number of rotatable bonds is 5. The molecule has 0 atom stereocenters. The number of aromatic amines is 1. The molecule has 1 aliphatic rings. The molecule has 1 amide bonds. The Kier molecular flexibility index (Phi) is 5.76. The minimum atomic E-state index is 0.113. The van der Waals surface area contributed by atoms with Crippen molar-refractivity contribution in [1.82, 2.24) is 20.0 Å². The first-order valence-corrected chi connectivity index (χ1v) is 8.88. The molecular weight excluding hydrogens is 352 g/mol. The van der Waals surface area contributed by atoms with Crippen LogP contribution in [-0.2, 0) is 11.2 Å². The minimum Gasteiger partial charge on any atom is -0.355 e. The van der Waals surface area contributed by atoms with Crippen molar-refractivity contribution >= 4 is 23.3 Å². The van der Waals surface area contributed by atoms with Gasteiger partial charge in [-0.1, -0.05) is 23.7 Å². The van der Waals surface area contributed by atoms with Gasteiger partial charge in [0.15, 0.2) is 5.82 Å². The van der Waals surface area contributed by atoms with Crippen molar-refractivity contribution in [2.75, 3.05) is 38.2 Å². The van der Waals surface area contributed by atoms with Crippen molar-refractivity contribution in [3.8, 4) is 6.07 Å². The van der Waals surface area contributed by atoms with E-state index in [0.29, 0.717) is 29.5 Å². The highest BCUT2D eigenvalue weighted by Crippen LogP contribution is 2.20. The number of hydrogen-bond donors (Lipinski definition) is 2. The normalized spacial score (nSPS) is 14.9. The van der Waals surface area contributed by atoms with E-state index in [1.165, 1.54) is 0 Å². The number of hydrogen-bond acceptors (Lipinski definition) is 5. The molecule has 1 aromatic heterocycles. The molecule has 1 fully saturated rings. The van der Waals surface area contributed by atoms with Crippen LogP contribution in [0.5, 0.6) is 0 Å². The standard InChI is InChI=1S/C18H21ClN6O/c1-13(26)25-7-5-24(6-8-25)12-21-18-16(11-20)17(22-23-18)10-14-3-2-4-15(19)9-14/h2-4,9H,5-8,10,12H2,1H3,(H2,21,22,23). The number of nitrogens with one attached hydrogen (secondary N) is 2. The molecular formula is C18H21ClN6O. The fourth-order valence-corrected chi connectivity index (χ4v) is 3.23. The minimum absolute atomic E-state index is 0.113. The third kappa shape index (κ3) is 4.34. The number of aromatic nitrogens is 2. The molecule has 3 rings (SSSR count). The number of nitriles is 1. The summed E-state index contributed by atoms with van der Waals surface area (Å²) in [5, 5.41) is 20.6. The lowest BCUT2D eigenvalue weighted by Gasteiger charge is -2.34. The lowest BCUT2D eigenvalue weighted by molar-refractivity contribution is -0.130. The van der Waals surface area contributed by atoms with Gasteiger partial charge >= 0.3 is 0 Å². The summed E-state index contributed by atoms with van der Waals surface area (Å²) in [5.41, 5.74) is 2.30. The summed E-state index contributed by atoms with van der Waals surface area (Å²) in [6.45, 7) is 5.23. The Bertz CT molecular complexity index is 819. The summed E-state index contributed by atoms with van der Waals surface area (Å²) in [5.74, 6) is 0.667. The molecule has 7 nitrogen and oxygen atoms in total. The zero-order valence-electron chi connectivity index (χ0n) is 14.6. The van der Waals surface area contributed by atoms with Gasteiger partial charge in [0.2, 0.25) is 5.91 Å². The van der Waals surface area contributed by atoms with Crippen molar-refractivity contribution in [3.63, 3.8) is 0 Å². The van der Waals surface area contributed by atoms with Gasteiger partial charge in [-0.15, -0.1) is 0 Å². The van der Waals surface area contributed by atoms with E-state index >= 15 is 0 Å². The number of carbonyl (C=O) groups excluding carboxylic acids is 1. The first-order valence-electron chi connectivity index (χ1n) is 8.50. The first-order chi connectivity index (χ1) is 12.6. The molecule has 1 saturated heterocycles. The van der Waals surface area contributed by atoms with Gasteiger partial charge in [0.25, 0.3) is 0 Å². The molecule has 0 spiro atoms. The Hall–Kier alpha value is -2.56. The second kappa shape index (κ2) is 8.21. The Labute approximate surface area is 157 Å². The van der Waals surface area contributed by atoms with Gasteiger partial charge in [0, 0.05) is 44.5 Å². The summed E-state index contributed by atoms with van der Waals surface area (Å²) in [6, 6.07) is 9.79. The van der Waals surface area contributed by atoms with Crippen LogP contribution in [0.1, 0.15) is 23.7 Å². The maximum atomic E-state index is 11.4. The van der Waals surface area contributed by atoms with Crippen LogP contribution in [-0.4, -0.2) is 58.8 Å². The lowest BCUT2D eigenvalue weighted by atomic mass is 10.1. The van der Waals surface area contributed by atoms with Crippen molar-refractivity contribution in [1.29, 1.82) is 5.26 Å². The van der Waals surface area contributed by atoms with Crippen LogP contribution in [0.3, 0.4) is 0 Å². The maximum Gasteiger partial charge on any atom is 0.219 e. The number of H-pyrrole nitrogens is 1. The molecule has 2 N–H and O–H groups in total. The average molecular weight is 373 g/mol. The van der Waals surface area contributed by atoms with E-state index in [4.69, 9.17) is 11.6 Å². The fourth-order valence-electron chi connectivity index (χ4n) is 3.01. The Morgan fingerprint density at radius 3 is 2.81 bits per heavy atom. The predicted molar refractivity (Wildman–Crippen MR) is 99.9 cm³/mol. The number of amides is 1. The molecule has 0 bridgehead atoms. The zero-order chi connectivity index (χ0) is 18.5. The van der Waals surface area contributed by atoms with Gasteiger partial charge in [0.05, 0.1) is 12.4 Å².